The molecule has 12 rings (SSSR count). The molecular weight excluding hydrogens is 759 g/mol. The molecule has 0 saturated heterocycles. The molecule has 290 valence electrons. The molecular formula is C57H35N3O2. The van der Waals surface area contributed by atoms with Gasteiger partial charge in [-0.3, -0.25) is 0 Å². The molecule has 0 aliphatic rings. The Morgan fingerprint density at radius 2 is 0.726 bits per heavy atom. The van der Waals surface area contributed by atoms with Crippen LogP contribution in [0.3, 0.4) is 0 Å². The number of aromatic nitrogens is 3. The lowest BCUT2D eigenvalue weighted by Gasteiger charge is -2.11. The summed E-state index contributed by atoms with van der Waals surface area (Å²) in [5.41, 5.74) is 14.7. The van der Waals surface area contributed by atoms with Crippen molar-refractivity contribution in [2.45, 2.75) is 0 Å². The van der Waals surface area contributed by atoms with Crippen molar-refractivity contribution >= 4 is 43.9 Å². The maximum atomic E-state index is 6.61. The summed E-state index contributed by atoms with van der Waals surface area (Å²) < 4.78 is 13.1. The summed E-state index contributed by atoms with van der Waals surface area (Å²) in [6.45, 7) is 0. The van der Waals surface area contributed by atoms with Crippen LogP contribution < -0.4 is 0 Å². The number of fused-ring (bicyclic) bond motifs is 6. The van der Waals surface area contributed by atoms with Gasteiger partial charge in [0.05, 0.1) is 0 Å². The van der Waals surface area contributed by atoms with E-state index in [4.69, 9.17) is 23.8 Å². The van der Waals surface area contributed by atoms with Gasteiger partial charge < -0.3 is 8.83 Å². The van der Waals surface area contributed by atoms with Crippen LogP contribution in [0, 0.1) is 0 Å². The number of furan rings is 2. The van der Waals surface area contributed by atoms with Crippen LogP contribution in [0.4, 0.5) is 0 Å². The highest BCUT2D eigenvalue weighted by molar-refractivity contribution is 6.16. The molecule has 0 atom stereocenters. The molecule has 5 nitrogen and oxygen atoms in total. The van der Waals surface area contributed by atoms with Crippen LogP contribution in [0.2, 0.25) is 0 Å². The zero-order chi connectivity index (χ0) is 41.0. The second kappa shape index (κ2) is 14.7. The standard InChI is InChI=1S/C57H35N3O2/c1-4-15-36(16-5-1)39-21-12-23-42(31-39)55-58-56(43-24-13-22-40(32-43)37-17-6-2-7-18-37)60-57(59-55)46-26-14-28-51-54(46)48-33-41(29-30-50(48)61-51)47-34-44(38-19-8-3-9-20-38)35-52-53(47)45-25-10-11-27-49(45)62-52/h1-35H. The fourth-order valence-electron chi connectivity index (χ4n) is 8.75. The second-order valence-corrected chi connectivity index (χ2v) is 15.6. The monoisotopic (exact) mass is 793 g/mol. The van der Waals surface area contributed by atoms with Crippen LogP contribution >= 0.6 is 0 Å². The molecule has 3 heterocycles. The molecule has 0 aliphatic carbocycles. The summed E-state index contributed by atoms with van der Waals surface area (Å²) in [6, 6.07) is 73.3. The Kier molecular flexibility index (Phi) is 8.42. The fraction of sp³-hybridized carbons (Fsp3) is 0. The summed E-state index contributed by atoms with van der Waals surface area (Å²) in [5, 5.41) is 4.07. The molecule has 0 fully saturated rings. The van der Waals surface area contributed by atoms with E-state index in [9.17, 15) is 0 Å². The predicted molar refractivity (Wildman–Crippen MR) is 252 cm³/mol. The number of rotatable bonds is 7. The summed E-state index contributed by atoms with van der Waals surface area (Å²) in [4.78, 5) is 15.7. The van der Waals surface area contributed by atoms with Gasteiger partial charge in [-0.05, 0) is 93.0 Å². The Bertz CT molecular complexity index is 3530. The van der Waals surface area contributed by atoms with Crippen molar-refractivity contribution in [2.75, 3.05) is 0 Å². The SMILES string of the molecule is c1ccc(-c2cccc(-c3nc(-c4cccc(-c5ccccc5)c4)nc(-c4cccc5oc6ccc(-c7cc(-c8ccccc8)cc8oc9ccccc9c78)cc6c45)n3)c2)cc1. The molecule has 0 bridgehead atoms. The maximum Gasteiger partial charge on any atom is 0.164 e. The van der Waals surface area contributed by atoms with Crippen molar-refractivity contribution in [2.24, 2.45) is 0 Å². The van der Waals surface area contributed by atoms with Crippen molar-refractivity contribution in [3.8, 4) is 78.7 Å². The van der Waals surface area contributed by atoms with Gasteiger partial charge in [-0.2, -0.15) is 0 Å². The van der Waals surface area contributed by atoms with E-state index in [2.05, 4.69) is 170 Å². The van der Waals surface area contributed by atoms with Crippen LogP contribution in [0.15, 0.2) is 221 Å². The van der Waals surface area contributed by atoms with Crippen molar-refractivity contribution in [1.29, 1.82) is 0 Å². The lowest BCUT2D eigenvalue weighted by molar-refractivity contribution is 0.669. The van der Waals surface area contributed by atoms with Gasteiger partial charge in [0, 0.05) is 38.2 Å². The summed E-state index contributed by atoms with van der Waals surface area (Å²) in [7, 11) is 0. The van der Waals surface area contributed by atoms with Gasteiger partial charge in [0.1, 0.15) is 22.3 Å². The highest BCUT2D eigenvalue weighted by Gasteiger charge is 2.21. The van der Waals surface area contributed by atoms with Crippen LogP contribution in [-0.4, -0.2) is 15.0 Å². The Morgan fingerprint density at radius 1 is 0.242 bits per heavy atom. The lowest BCUT2D eigenvalue weighted by Crippen LogP contribution is -2.00. The second-order valence-electron chi connectivity index (χ2n) is 15.6. The van der Waals surface area contributed by atoms with Gasteiger partial charge in [-0.25, -0.2) is 15.0 Å². The van der Waals surface area contributed by atoms with Gasteiger partial charge in [0.25, 0.3) is 0 Å². The van der Waals surface area contributed by atoms with Gasteiger partial charge in [0.2, 0.25) is 0 Å². The molecule has 0 spiro atoms. The Labute approximate surface area is 357 Å². The van der Waals surface area contributed by atoms with E-state index < -0.39 is 0 Å². The maximum absolute atomic E-state index is 6.61. The molecule has 0 radical (unpaired) electrons. The number of benzene rings is 9. The minimum atomic E-state index is 0.563. The van der Waals surface area contributed by atoms with Crippen LogP contribution in [0.1, 0.15) is 0 Å². The predicted octanol–water partition coefficient (Wildman–Crippen LogP) is 15.3. The summed E-state index contributed by atoms with van der Waals surface area (Å²) >= 11 is 0. The fourth-order valence-corrected chi connectivity index (χ4v) is 8.75. The first-order chi connectivity index (χ1) is 30.7. The van der Waals surface area contributed by atoms with E-state index in [1.807, 2.05) is 42.5 Å². The van der Waals surface area contributed by atoms with Crippen molar-refractivity contribution in [3.05, 3.63) is 212 Å². The summed E-state index contributed by atoms with van der Waals surface area (Å²) in [5.74, 6) is 1.74. The molecule has 12 aromatic rings. The molecule has 62 heavy (non-hydrogen) atoms. The number of para-hydroxylation sites is 1. The van der Waals surface area contributed by atoms with E-state index in [1.54, 1.807) is 0 Å². The van der Waals surface area contributed by atoms with Crippen LogP contribution in [-0.2, 0) is 0 Å². The molecule has 0 aliphatic heterocycles. The molecule has 9 aromatic carbocycles. The molecule has 3 aromatic heterocycles. The van der Waals surface area contributed by atoms with Gasteiger partial charge in [0.15, 0.2) is 17.5 Å². The van der Waals surface area contributed by atoms with Gasteiger partial charge in [-0.15, -0.1) is 0 Å². The van der Waals surface area contributed by atoms with Gasteiger partial charge >= 0.3 is 0 Å². The normalized spacial score (nSPS) is 11.5. The number of nitrogens with zero attached hydrogens (tertiary/aromatic N) is 3. The van der Waals surface area contributed by atoms with E-state index >= 15 is 0 Å². The smallest absolute Gasteiger partial charge is 0.164 e. The third-order valence-electron chi connectivity index (χ3n) is 11.7. The average Bonchev–Trinajstić information content (AvgIpc) is 3.93. The Balaban J connectivity index is 1.07. The number of hydrogen-bond donors (Lipinski definition) is 0. The minimum Gasteiger partial charge on any atom is -0.456 e. The van der Waals surface area contributed by atoms with Crippen molar-refractivity contribution < 1.29 is 8.83 Å². The third kappa shape index (κ3) is 6.23. The van der Waals surface area contributed by atoms with Crippen LogP contribution in [0.25, 0.3) is 123 Å². The van der Waals surface area contributed by atoms with E-state index in [1.165, 1.54) is 0 Å². The minimum absolute atomic E-state index is 0.563. The van der Waals surface area contributed by atoms with E-state index in [0.717, 1.165) is 105 Å². The van der Waals surface area contributed by atoms with Crippen molar-refractivity contribution in [3.63, 3.8) is 0 Å². The highest BCUT2D eigenvalue weighted by atomic mass is 16.3. The van der Waals surface area contributed by atoms with Crippen molar-refractivity contribution in [1.82, 2.24) is 15.0 Å². The first kappa shape index (κ1) is 35.5. The Morgan fingerprint density at radius 3 is 1.39 bits per heavy atom. The first-order valence-corrected chi connectivity index (χ1v) is 20.7. The van der Waals surface area contributed by atoms with Gasteiger partial charge in [-0.1, -0.05) is 164 Å². The number of hydrogen-bond acceptors (Lipinski definition) is 5. The zero-order valence-corrected chi connectivity index (χ0v) is 33.4. The molecule has 0 amide bonds. The Hall–Kier alpha value is -8.41. The third-order valence-corrected chi connectivity index (χ3v) is 11.7. The highest BCUT2D eigenvalue weighted by Crippen LogP contribution is 2.43. The summed E-state index contributed by atoms with van der Waals surface area (Å²) in [6.07, 6.45) is 0. The lowest BCUT2D eigenvalue weighted by atomic mass is 9.93. The first-order valence-electron chi connectivity index (χ1n) is 20.7. The molecule has 0 unspecified atom stereocenters. The van der Waals surface area contributed by atoms with Crippen LogP contribution in [0.5, 0.6) is 0 Å². The largest absolute Gasteiger partial charge is 0.456 e. The quantitative estimate of drug-likeness (QED) is 0.161. The topological polar surface area (TPSA) is 65.0 Å². The molecule has 0 N–H and O–H groups in total. The van der Waals surface area contributed by atoms with E-state index in [0.29, 0.717) is 17.5 Å². The average molecular weight is 794 g/mol. The molecule has 0 saturated carbocycles. The zero-order valence-electron chi connectivity index (χ0n) is 33.4. The molecule has 5 heteroatoms. The van der Waals surface area contributed by atoms with E-state index in [-0.39, 0.29) is 0 Å².